The first-order valence-electron chi connectivity index (χ1n) is 11.3. The van der Waals surface area contributed by atoms with Crippen molar-refractivity contribution in [3.8, 4) is 0 Å². The zero-order valence-electron chi connectivity index (χ0n) is 21.0. The average Bonchev–Trinajstić information content (AvgIpc) is 2.78. The second kappa shape index (κ2) is 14.3. The Hall–Kier alpha value is -1.14. The molecule has 0 aromatic heterocycles. The van der Waals surface area contributed by atoms with Gasteiger partial charge in [0.25, 0.3) is 0 Å². The Morgan fingerprint density at radius 2 is 1.58 bits per heavy atom. The molecule has 0 aliphatic rings. The summed E-state index contributed by atoms with van der Waals surface area (Å²) < 4.78 is 34.3. The monoisotopic (exact) mass is 517 g/mol. The molecule has 0 aliphatic carbocycles. The molecule has 1 aromatic carbocycles. The van der Waals surface area contributed by atoms with E-state index in [1.54, 1.807) is 0 Å². The number of Topliss-reactive ketones (excluding diaryl/α,β-unsaturated/α-hetero) is 1. The predicted molar refractivity (Wildman–Crippen MR) is 136 cm³/mol. The van der Waals surface area contributed by atoms with E-state index >= 15 is 0 Å². The highest BCUT2D eigenvalue weighted by molar-refractivity contribution is 7.54. The Kier molecular flexibility index (Phi) is 13.0. The number of benzene rings is 1. The first-order valence-corrected chi connectivity index (χ1v) is 17.0. The van der Waals surface area contributed by atoms with Crippen molar-refractivity contribution in [2.45, 2.75) is 59.0 Å². The summed E-state index contributed by atoms with van der Waals surface area (Å²) in [4.78, 5) is 25.9. The summed E-state index contributed by atoms with van der Waals surface area (Å²) in [6, 6.07) is 9.52. The van der Waals surface area contributed by atoms with Crippen LogP contribution in [-0.4, -0.2) is 57.9 Å². The van der Waals surface area contributed by atoms with Gasteiger partial charge in [0.2, 0.25) is 5.91 Å². The molecule has 188 valence electrons. The summed E-state index contributed by atoms with van der Waals surface area (Å²) in [5, 5.41) is 3.03. The average molecular weight is 518 g/mol. The summed E-state index contributed by atoms with van der Waals surface area (Å²) >= 11 is 0. The van der Waals surface area contributed by atoms with Crippen molar-refractivity contribution in [3.05, 3.63) is 35.9 Å². The molecule has 33 heavy (non-hydrogen) atoms. The molecule has 2 atom stereocenters. The van der Waals surface area contributed by atoms with Crippen LogP contribution in [0, 0.1) is 11.3 Å². The lowest BCUT2D eigenvalue weighted by Gasteiger charge is -2.40. The molecular formula is C22H40NO7PSi2. The van der Waals surface area contributed by atoms with Crippen LogP contribution < -0.4 is 5.32 Å². The number of ketones is 1. The van der Waals surface area contributed by atoms with E-state index in [4.69, 9.17) is 17.9 Å². The molecule has 0 saturated carbocycles. The third-order valence-electron chi connectivity index (χ3n) is 5.81. The highest BCUT2D eigenvalue weighted by Crippen LogP contribution is 2.47. The van der Waals surface area contributed by atoms with Gasteiger partial charge in [0.15, 0.2) is 19.5 Å². The highest BCUT2D eigenvalue weighted by atomic mass is 31.2. The van der Waals surface area contributed by atoms with Gasteiger partial charge in [0.05, 0.1) is 6.04 Å². The molecule has 0 bridgehead atoms. The molecule has 1 rings (SSSR count). The summed E-state index contributed by atoms with van der Waals surface area (Å²) in [5.41, 5.74) is 0.386. The molecule has 0 radical (unpaired) electrons. The number of amides is 1. The second-order valence-electron chi connectivity index (χ2n) is 8.54. The smallest absolute Gasteiger partial charge is 0.337 e. The summed E-state index contributed by atoms with van der Waals surface area (Å²) in [5.74, 6) is -0.841. The van der Waals surface area contributed by atoms with E-state index in [1.165, 1.54) is 14.2 Å². The van der Waals surface area contributed by atoms with Gasteiger partial charge >= 0.3 is 7.60 Å². The SMILES string of the molecule is COP(=O)(CC(=O)C[C@H](CC(=O)N[C@@H](C)c1ccccc1)C(C)(C)C(O[SiH2]C)O[SiH2]C)OC. The lowest BCUT2D eigenvalue weighted by molar-refractivity contribution is -0.134. The first kappa shape index (κ1) is 29.9. The minimum atomic E-state index is -3.49. The minimum Gasteiger partial charge on any atom is -0.400 e. The molecule has 0 saturated heterocycles. The van der Waals surface area contributed by atoms with Crippen molar-refractivity contribution in [1.29, 1.82) is 0 Å². The fourth-order valence-corrected chi connectivity index (χ4v) is 6.50. The molecule has 1 N–H and O–H groups in total. The van der Waals surface area contributed by atoms with Crippen LogP contribution in [0.25, 0.3) is 0 Å². The Balaban J connectivity index is 3.08. The van der Waals surface area contributed by atoms with Gasteiger partial charge in [-0.15, -0.1) is 0 Å². The molecule has 0 spiro atoms. The minimum absolute atomic E-state index is 0.0383. The molecule has 11 heteroatoms. The zero-order chi connectivity index (χ0) is 25.1. The maximum absolute atomic E-state index is 13.0. The number of rotatable bonds is 16. The summed E-state index contributed by atoms with van der Waals surface area (Å²) in [6.45, 7) is 9.89. The maximum Gasteiger partial charge on any atom is 0.337 e. The molecular weight excluding hydrogens is 477 g/mol. The molecule has 0 fully saturated rings. The number of hydrogen-bond acceptors (Lipinski definition) is 7. The van der Waals surface area contributed by atoms with Crippen LogP contribution in [0.5, 0.6) is 0 Å². The van der Waals surface area contributed by atoms with Crippen molar-refractivity contribution in [2.24, 2.45) is 11.3 Å². The van der Waals surface area contributed by atoms with Crippen molar-refractivity contribution < 1.29 is 32.1 Å². The van der Waals surface area contributed by atoms with E-state index in [0.29, 0.717) is 0 Å². The molecule has 1 amide bonds. The maximum atomic E-state index is 13.0. The number of nitrogens with one attached hydrogen (secondary N) is 1. The van der Waals surface area contributed by atoms with Gasteiger partial charge in [0.1, 0.15) is 18.2 Å². The fourth-order valence-electron chi connectivity index (χ4n) is 3.68. The van der Waals surface area contributed by atoms with Crippen LogP contribution in [0.15, 0.2) is 30.3 Å². The lowest BCUT2D eigenvalue weighted by Crippen LogP contribution is -2.44. The number of hydrogen-bond donors (Lipinski definition) is 1. The number of carbonyl (C=O) groups is 2. The van der Waals surface area contributed by atoms with Crippen molar-refractivity contribution in [1.82, 2.24) is 5.32 Å². The predicted octanol–water partition coefficient (Wildman–Crippen LogP) is 2.96. The molecule has 0 unspecified atom stereocenters. The third-order valence-corrected chi connectivity index (χ3v) is 8.93. The largest absolute Gasteiger partial charge is 0.400 e. The third kappa shape index (κ3) is 9.56. The second-order valence-corrected chi connectivity index (χ2v) is 12.6. The molecule has 0 aliphatic heterocycles. The topological polar surface area (TPSA) is 100 Å². The van der Waals surface area contributed by atoms with Crippen LogP contribution in [0.4, 0.5) is 0 Å². The Morgan fingerprint density at radius 1 is 1.03 bits per heavy atom. The molecule has 8 nitrogen and oxygen atoms in total. The van der Waals surface area contributed by atoms with E-state index < -0.39 is 38.8 Å². The van der Waals surface area contributed by atoms with Crippen LogP contribution >= 0.6 is 7.60 Å². The van der Waals surface area contributed by atoms with Gasteiger partial charge in [-0.05, 0) is 18.4 Å². The van der Waals surface area contributed by atoms with Gasteiger partial charge < -0.3 is 23.2 Å². The standard InChI is InChI=1S/C22H40NO7PSi2/c1-16(17-11-9-8-10-12-17)23-20(25)14-18(13-19(24)15-31(26,27-4)28-5)22(2,3)21(29-32-6)30-33-7/h8-12,16,18,21H,13-15,32-33H2,1-7H3,(H,23,25)/t16-,18+/m0/s1. The normalized spacial score (nSPS) is 15.7. The van der Waals surface area contributed by atoms with Gasteiger partial charge in [0, 0.05) is 32.5 Å². The van der Waals surface area contributed by atoms with Crippen molar-refractivity contribution in [2.75, 3.05) is 20.4 Å². The van der Waals surface area contributed by atoms with E-state index in [1.807, 2.05) is 64.2 Å². The van der Waals surface area contributed by atoms with Gasteiger partial charge in [-0.3, -0.25) is 14.2 Å². The van der Waals surface area contributed by atoms with E-state index in [2.05, 4.69) is 5.32 Å². The van der Waals surface area contributed by atoms with Crippen LogP contribution in [0.3, 0.4) is 0 Å². The van der Waals surface area contributed by atoms with E-state index in [9.17, 15) is 14.2 Å². The van der Waals surface area contributed by atoms with Crippen molar-refractivity contribution >= 4 is 38.8 Å². The van der Waals surface area contributed by atoms with E-state index in [-0.39, 0.29) is 42.7 Å². The quantitative estimate of drug-likeness (QED) is 0.204. The highest BCUT2D eigenvalue weighted by Gasteiger charge is 2.41. The summed E-state index contributed by atoms with van der Waals surface area (Å²) in [7, 11) is -2.54. The van der Waals surface area contributed by atoms with Gasteiger partial charge in [-0.25, -0.2) is 0 Å². The van der Waals surface area contributed by atoms with Gasteiger partial charge in [-0.2, -0.15) is 0 Å². The van der Waals surface area contributed by atoms with E-state index in [0.717, 1.165) is 5.56 Å². The Labute approximate surface area is 202 Å². The number of carbonyl (C=O) groups excluding carboxylic acids is 2. The first-order chi connectivity index (χ1) is 15.5. The van der Waals surface area contributed by atoms with Crippen LogP contribution in [-0.2, 0) is 32.1 Å². The van der Waals surface area contributed by atoms with Crippen LogP contribution in [0.2, 0.25) is 13.1 Å². The summed E-state index contributed by atoms with van der Waals surface area (Å²) in [6.07, 6.45) is -0.678. The van der Waals surface area contributed by atoms with Gasteiger partial charge in [-0.1, -0.05) is 57.3 Å². The van der Waals surface area contributed by atoms with Crippen molar-refractivity contribution in [3.63, 3.8) is 0 Å². The Morgan fingerprint density at radius 3 is 2.06 bits per heavy atom. The Bertz CT molecular complexity index is 780. The van der Waals surface area contributed by atoms with Crippen LogP contribution in [0.1, 0.15) is 45.2 Å². The fraction of sp³-hybridized carbons (Fsp3) is 0.636. The molecule has 0 heterocycles. The molecule has 1 aromatic rings. The lowest BCUT2D eigenvalue weighted by atomic mass is 9.73. The zero-order valence-corrected chi connectivity index (χ0v) is 24.7.